The van der Waals surface area contributed by atoms with Gasteiger partial charge < -0.3 is 14.9 Å². The van der Waals surface area contributed by atoms with Gasteiger partial charge in [-0.1, -0.05) is 71.2 Å². The molecule has 3 rings (SSSR count). The van der Waals surface area contributed by atoms with Crippen LogP contribution in [0.5, 0.6) is 5.75 Å². The Hall–Kier alpha value is -3.20. The van der Waals surface area contributed by atoms with E-state index in [9.17, 15) is 0 Å². The van der Waals surface area contributed by atoms with Gasteiger partial charge in [-0.25, -0.2) is 0 Å². The maximum atomic E-state index is 6.29. The monoisotopic (exact) mass is 391 g/mol. The zero-order valence-corrected chi connectivity index (χ0v) is 18.5. The van der Waals surface area contributed by atoms with Gasteiger partial charge in [0.1, 0.15) is 17.1 Å². The van der Waals surface area contributed by atoms with Gasteiger partial charge in [0.05, 0.1) is 7.11 Å². The summed E-state index contributed by atoms with van der Waals surface area (Å²) in [5.74, 6) is 1.62. The third kappa shape index (κ3) is 5.41. The van der Waals surface area contributed by atoms with Crippen molar-refractivity contribution in [1.29, 1.82) is 0 Å². The van der Waals surface area contributed by atoms with E-state index in [1.807, 2.05) is 89.2 Å². The molecule has 0 amide bonds. The smallest absolute Gasteiger partial charge is 0.135 e. The van der Waals surface area contributed by atoms with Crippen LogP contribution in [0.25, 0.3) is 28.3 Å². The Morgan fingerprint density at radius 2 is 1.72 bits per heavy atom. The van der Waals surface area contributed by atoms with Crippen molar-refractivity contribution >= 4 is 28.3 Å². The van der Waals surface area contributed by atoms with Gasteiger partial charge in [-0.15, -0.1) is 0 Å². The number of hydrogen-bond acceptors (Lipinski definition) is 3. The summed E-state index contributed by atoms with van der Waals surface area (Å²) < 4.78 is 11.2. The van der Waals surface area contributed by atoms with E-state index >= 15 is 0 Å². The van der Waals surface area contributed by atoms with Crippen molar-refractivity contribution in [3.8, 4) is 5.75 Å². The maximum Gasteiger partial charge on any atom is 0.135 e. The van der Waals surface area contributed by atoms with Crippen LogP contribution in [0.2, 0.25) is 0 Å². The molecule has 0 aliphatic carbocycles. The molecule has 0 bridgehead atoms. The van der Waals surface area contributed by atoms with E-state index < -0.39 is 0 Å². The van der Waals surface area contributed by atoms with Crippen LogP contribution in [0.3, 0.4) is 0 Å². The molecule has 1 heterocycles. The van der Waals surface area contributed by atoms with E-state index in [4.69, 9.17) is 14.9 Å². The highest BCUT2D eigenvalue weighted by Crippen LogP contribution is 2.30. The Kier molecular flexibility index (Phi) is 9.54. The highest BCUT2D eigenvalue weighted by Gasteiger charge is 2.10. The zero-order chi connectivity index (χ0) is 22.0. The number of ether oxygens (including phenoxy) is 1. The first-order chi connectivity index (χ1) is 14.0. The third-order valence-corrected chi connectivity index (χ3v) is 4.23. The molecule has 0 aliphatic heterocycles. The molecule has 0 fully saturated rings. The fraction of sp³-hybridized carbons (Fsp3) is 0.231. The van der Waals surface area contributed by atoms with Crippen LogP contribution < -0.4 is 10.5 Å². The summed E-state index contributed by atoms with van der Waals surface area (Å²) in [5.41, 5.74) is 11.3. The molecular formula is C26H33NO2. The van der Waals surface area contributed by atoms with Gasteiger partial charge in [-0.05, 0) is 36.8 Å². The van der Waals surface area contributed by atoms with Gasteiger partial charge in [-0.3, -0.25) is 0 Å². The molecule has 2 N–H and O–H groups in total. The van der Waals surface area contributed by atoms with Crippen LogP contribution >= 0.6 is 0 Å². The first kappa shape index (κ1) is 23.8. The Labute approximate surface area is 175 Å². The van der Waals surface area contributed by atoms with Crippen LogP contribution in [0.1, 0.15) is 50.1 Å². The fourth-order valence-corrected chi connectivity index (χ4v) is 2.93. The van der Waals surface area contributed by atoms with E-state index in [-0.39, 0.29) is 0 Å². The molecule has 0 aliphatic rings. The van der Waals surface area contributed by atoms with Crippen LogP contribution in [-0.2, 0) is 0 Å². The van der Waals surface area contributed by atoms with Gasteiger partial charge in [0.25, 0.3) is 0 Å². The molecule has 3 aromatic rings. The van der Waals surface area contributed by atoms with E-state index in [1.54, 1.807) is 7.11 Å². The number of fused-ring (bicyclic) bond motifs is 1. The number of aryl methyl sites for hydroxylation is 1. The largest absolute Gasteiger partial charge is 0.496 e. The van der Waals surface area contributed by atoms with Crippen LogP contribution in [-0.4, -0.2) is 7.11 Å². The molecule has 0 saturated heterocycles. The average Bonchev–Trinajstić information content (AvgIpc) is 3.10. The molecule has 29 heavy (non-hydrogen) atoms. The second kappa shape index (κ2) is 11.6. The molecule has 0 radical (unpaired) electrons. The minimum atomic E-state index is 0.618. The normalized spacial score (nSPS) is 10.3. The molecule has 154 valence electrons. The van der Waals surface area contributed by atoms with Gasteiger partial charge in [-0.2, -0.15) is 0 Å². The highest BCUT2D eigenvalue weighted by atomic mass is 16.5. The van der Waals surface area contributed by atoms with Crippen molar-refractivity contribution in [1.82, 2.24) is 0 Å². The summed E-state index contributed by atoms with van der Waals surface area (Å²) in [7, 11) is 1.64. The number of benzene rings is 2. The van der Waals surface area contributed by atoms with Gasteiger partial charge >= 0.3 is 0 Å². The molecule has 2 aromatic carbocycles. The third-order valence-electron chi connectivity index (χ3n) is 4.23. The van der Waals surface area contributed by atoms with Crippen molar-refractivity contribution in [2.24, 2.45) is 5.73 Å². The predicted molar refractivity (Wildman–Crippen MR) is 128 cm³/mol. The quantitative estimate of drug-likeness (QED) is 0.459. The Bertz CT molecular complexity index is 993. The van der Waals surface area contributed by atoms with Crippen molar-refractivity contribution in [3.63, 3.8) is 0 Å². The second-order valence-electron chi connectivity index (χ2n) is 5.81. The minimum Gasteiger partial charge on any atom is -0.496 e. The summed E-state index contributed by atoms with van der Waals surface area (Å²) in [4.78, 5) is 0. The van der Waals surface area contributed by atoms with E-state index in [1.165, 1.54) is 0 Å². The summed E-state index contributed by atoms with van der Waals surface area (Å²) in [5, 5.41) is 1.03. The van der Waals surface area contributed by atoms with E-state index in [2.05, 4.69) is 13.2 Å². The predicted octanol–water partition coefficient (Wildman–Crippen LogP) is 7.46. The first-order valence-electron chi connectivity index (χ1n) is 10.0. The Balaban J connectivity index is 0.000000989. The molecule has 1 aromatic heterocycles. The number of para-hydroxylation sites is 1. The molecule has 0 saturated carbocycles. The summed E-state index contributed by atoms with van der Waals surface area (Å²) in [6, 6.07) is 13.7. The van der Waals surface area contributed by atoms with Crippen LogP contribution in [0.15, 0.2) is 66.1 Å². The lowest BCUT2D eigenvalue weighted by Gasteiger charge is -2.09. The number of methoxy groups -OCH3 is 1. The zero-order valence-electron chi connectivity index (χ0n) is 18.5. The first-order valence-corrected chi connectivity index (χ1v) is 10.0. The Morgan fingerprint density at radius 3 is 2.34 bits per heavy atom. The summed E-state index contributed by atoms with van der Waals surface area (Å²) >= 11 is 0. The number of rotatable bonds is 5. The van der Waals surface area contributed by atoms with Crippen LogP contribution in [0.4, 0.5) is 0 Å². The average molecular weight is 392 g/mol. The maximum absolute atomic E-state index is 6.29. The van der Waals surface area contributed by atoms with Crippen LogP contribution in [0, 0.1) is 6.92 Å². The van der Waals surface area contributed by atoms with Gasteiger partial charge in [0.15, 0.2) is 0 Å². The fourth-order valence-electron chi connectivity index (χ4n) is 2.93. The lowest BCUT2D eigenvalue weighted by Crippen LogP contribution is -1.97. The Morgan fingerprint density at radius 1 is 1.07 bits per heavy atom. The molecule has 3 heteroatoms. The molecule has 3 nitrogen and oxygen atoms in total. The highest BCUT2D eigenvalue weighted by molar-refractivity contribution is 5.91. The molecule has 0 spiro atoms. The lowest BCUT2D eigenvalue weighted by molar-refractivity contribution is 0.413. The van der Waals surface area contributed by atoms with Gasteiger partial charge in [0.2, 0.25) is 0 Å². The summed E-state index contributed by atoms with van der Waals surface area (Å²) in [6.45, 7) is 17.9. The molecule has 0 atom stereocenters. The number of hydrogen-bond donors (Lipinski definition) is 1. The summed E-state index contributed by atoms with van der Waals surface area (Å²) in [6.07, 6.45) is 3.66. The van der Waals surface area contributed by atoms with Crippen molar-refractivity contribution in [3.05, 3.63) is 84.1 Å². The lowest BCUT2D eigenvalue weighted by atomic mass is 10.0. The minimum absolute atomic E-state index is 0.618. The topological polar surface area (TPSA) is 48.4 Å². The van der Waals surface area contributed by atoms with Gasteiger partial charge in [0, 0.05) is 27.8 Å². The molecular weight excluding hydrogens is 358 g/mol. The van der Waals surface area contributed by atoms with Crippen molar-refractivity contribution < 1.29 is 9.15 Å². The molecule has 0 unspecified atom stereocenters. The van der Waals surface area contributed by atoms with E-state index in [0.717, 1.165) is 44.7 Å². The number of furan rings is 1. The second-order valence-corrected chi connectivity index (χ2v) is 5.81. The SMILES string of the molecule is C=Cc1c(C)oc2cc(/C(N)=C\C(=C)c3ccccc3OC)ccc12.CC.CC. The van der Waals surface area contributed by atoms with E-state index in [0.29, 0.717) is 5.70 Å². The number of allylic oxidation sites excluding steroid dienone is 2. The van der Waals surface area contributed by atoms with Crippen molar-refractivity contribution in [2.45, 2.75) is 34.6 Å². The number of nitrogens with two attached hydrogens (primary N) is 1. The standard InChI is InChI=1S/C22H21NO2.2C2H6/c1-5-17-15(3)25-22-13-16(10-11-19(17)22)20(23)12-14(2)18-8-6-7-9-21(18)24-4;2*1-2/h5-13H,1-2,23H2,3-4H3;2*1-2H3/b20-12+;;. The van der Waals surface area contributed by atoms with Crippen molar-refractivity contribution in [2.75, 3.05) is 7.11 Å².